The first-order valence-corrected chi connectivity index (χ1v) is 11.5. The Balaban J connectivity index is 2.69. The quantitative estimate of drug-likeness (QED) is 0.292. The van der Waals surface area contributed by atoms with Crippen LogP contribution in [0.3, 0.4) is 0 Å². The van der Waals surface area contributed by atoms with Crippen LogP contribution in [0.2, 0.25) is 0 Å². The molecule has 38 heavy (non-hydrogen) atoms. The SMILES string of the molecule is CCOC(=O)c1cc(COC(C)=O)n([C@@H]2O[C@H](COC(C)=O)[C@@H](OC(C)=O)[C@H](OC(C)=O)[C@H]2OC(C)=O)n1. The fourth-order valence-electron chi connectivity index (χ4n) is 3.64. The Morgan fingerprint density at radius 2 is 1.34 bits per heavy atom. The van der Waals surface area contributed by atoms with E-state index in [4.69, 9.17) is 33.2 Å². The lowest BCUT2D eigenvalue weighted by Gasteiger charge is -2.44. The zero-order valence-electron chi connectivity index (χ0n) is 21.8. The molecule has 0 radical (unpaired) electrons. The standard InChI is InChI=1S/C23H30N2O13/c1-7-32-23(31)17-8-16(9-33-11(2)26)25(24-17)22-21(37-15(6)30)20(36-14(5)29)19(35-13(4)28)18(38-22)10-34-12(3)27/h8,18-22H,7,9-10H2,1-6H3/t18-,19-,20+,21-,22-/m1/s1. The molecular weight excluding hydrogens is 512 g/mol. The fourth-order valence-corrected chi connectivity index (χ4v) is 3.64. The molecule has 1 aliphatic rings. The Morgan fingerprint density at radius 3 is 1.87 bits per heavy atom. The maximum Gasteiger partial charge on any atom is 0.358 e. The van der Waals surface area contributed by atoms with Crippen molar-refractivity contribution < 1.29 is 61.9 Å². The molecule has 0 unspecified atom stereocenters. The molecule has 1 aliphatic heterocycles. The monoisotopic (exact) mass is 542 g/mol. The molecule has 1 aromatic rings. The number of hydrogen-bond donors (Lipinski definition) is 0. The molecule has 0 saturated carbocycles. The highest BCUT2D eigenvalue weighted by molar-refractivity contribution is 5.87. The second kappa shape index (κ2) is 13.5. The number of esters is 6. The molecule has 0 aliphatic carbocycles. The van der Waals surface area contributed by atoms with E-state index >= 15 is 0 Å². The van der Waals surface area contributed by atoms with Crippen LogP contribution >= 0.6 is 0 Å². The van der Waals surface area contributed by atoms with E-state index < -0.39 is 73.1 Å². The number of hydrogen-bond acceptors (Lipinski definition) is 14. The molecule has 5 atom stereocenters. The van der Waals surface area contributed by atoms with Crippen molar-refractivity contribution in [2.24, 2.45) is 0 Å². The third kappa shape index (κ3) is 8.26. The summed E-state index contributed by atoms with van der Waals surface area (Å²) in [6.07, 6.45) is -7.02. The van der Waals surface area contributed by atoms with Crippen LogP contribution < -0.4 is 0 Å². The van der Waals surface area contributed by atoms with E-state index in [1.165, 1.54) is 13.0 Å². The molecular formula is C23H30N2O13. The van der Waals surface area contributed by atoms with Crippen LogP contribution in [-0.4, -0.2) is 83.2 Å². The maximum absolute atomic E-state index is 12.4. The van der Waals surface area contributed by atoms with Crippen LogP contribution in [-0.2, 0) is 63.7 Å². The minimum absolute atomic E-state index is 0.0457. The fraction of sp³-hybridized carbons (Fsp3) is 0.609. The summed E-state index contributed by atoms with van der Waals surface area (Å²) in [6, 6.07) is 1.27. The number of rotatable bonds is 10. The van der Waals surface area contributed by atoms with E-state index in [1.54, 1.807) is 6.92 Å². The number of ether oxygens (including phenoxy) is 7. The first-order valence-electron chi connectivity index (χ1n) is 11.5. The van der Waals surface area contributed by atoms with Gasteiger partial charge in [-0.2, -0.15) is 5.10 Å². The first kappa shape index (κ1) is 30.2. The largest absolute Gasteiger partial charge is 0.463 e. The van der Waals surface area contributed by atoms with Gasteiger partial charge >= 0.3 is 35.8 Å². The van der Waals surface area contributed by atoms with Crippen LogP contribution in [0.4, 0.5) is 0 Å². The highest BCUT2D eigenvalue weighted by Gasteiger charge is 2.53. The van der Waals surface area contributed by atoms with E-state index in [0.29, 0.717) is 0 Å². The Kier molecular flexibility index (Phi) is 10.7. The van der Waals surface area contributed by atoms with Crippen LogP contribution in [0.5, 0.6) is 0 Å². The highest BCUT2D eigenvalue weighted by atomic mass is 16.7. The molecule has 1 fully saturated rings. The summed E-state index contributed by atoms with van der Waals surface area (Å²) in [4.78, 5) is 71.4. The van der Waals surface area contributed by atoms with E-state index in [0.717, 1.165) is 32.4 Å². The molecule has 1 aromatic heterocycles. The summed E-state index contributed by atoms with van der Waals surface area (Å²) in [5, 5.41) is 4.20. The molecule has 0 amide bonds. The van der Waals surface area contributed by atoms with Gasteiger partial charge in [0.05, 0.1) is 12.3 Å². The van der Waals surface area contributed by atoms with Crippen LogP contribution in [0.25, 0.3) is 0 Å². The summed E-state index contributed by atoms with van der Waals surface area (Å²) >= 11 is 0. The van der Waals surface area contributed by atoms with E-state index in [2.05, 4.69) is 5.10 Å². The minimum Gasteiger partial charge on any atom is -0.463 e. The van der Waals surface area contributed by atoms with E-state index in [1.807, 2.05) is 0 Å². The Hall–Kier alpha value is -4.01. The molecule has 1 saturated heterocycles. The van der Waals surface area contributed by atoms with Crippen molar-refractivity contribution in [3.63, 3.8) is 0 Å². The third-order valence-corrected chi connectivity index (χ3v) is 4.93. The van der Waals surface area contributed by atoms with Gasteiger partial charge < -0.3 is 33.2 Å². The van der Waals surface area contributed by atoms with E-state index in [9.17, 15) is 28.8 Å². The third-order valence-electron chi connectivity index (χ3n) is 4.93. The lowest BCUT2D eigenvalue weighted by Crippen LogP contribution is -2.60. The molecule has 0 aromatic carbocycles. The normalized spacial score (nSPS) is 22.5. The topological polar surface area (TPSA) is 185 Å². The van der Waals surface area contributed by atoms with Crippen molar-refractivity contribution >= 4 is 35.8 Å². The van der Waals surface area contributed by atoms with Crippen LogP contribution in [0.1, 0.15) is 64.0 Å². The Labute approximate surface area is 217 Å². The van der Waals surface area contributed by atoms with Crippen molar-refractivity contribution in [1.82, 2.24) is 9.78 Å². The predicted octanol–water partition coefficient (Wildman–Crippen LogP) is 0.379. The van der Waals surface area contributed by atoms with Crippen molar-refractivity contribution in [1.29, 1.82) is 0 Å². The average molecular weight is 542 g/mol. The van der Waals surface area contributed by atoms with Gasteiger partial charge in [0.2, 0.25) is 0 Å². The van der Waals surface area contributed by atoms with Gasteiger partial charge in [0.1, 0.15) is 19.3 Å². The van der Waals surface area contributed by atoms with Gasteiger partial charge in [-0.25, -0.2) is 9.48 Å². The lowest BCUT2D eigenvalue weighted by molar-refractivity contribution is -0.270. The first-order chi connectivity index (χ1) is 17.8. The average Bonchev–Trinajstić information content (AvgIpc) is 3.22. The molecule has 0 N–H and O–H groups in total. The Morgan fingerprint density at radius 1 is 0.789 bits per heavy atom. The highest BCUT2D eigenvalue weighted by Crippen LogP contribution is 2.35. The molecule has 15 nitrogen and oxygen atoms in total. The second-order valence-electron chi connectivity index (χ2n) is 8.06. The van der Waals surface area contributed by atoms with Crippen LogP contribution in [0, 0.1) is 0 Å². The molecule has 2 heterocycles. The number of nitrogens with zero attached hydrogens (tertiary/aromatic N) is 2. The molecule has 0 bridgehead atoms. The summed E-state index contributed by atoms with van der Waals surface area (Å²) in [5.41, 5.74) is -0.0778. The van der Waals surface area contributed by atoms with Gasteiger partial charge in [0.25, 0.3) is 0 Å². The van der Waals surface area contributed by atoms with Crippen molar-refractivity contribution in [3.8, 4) is 0 Å². The molecule has 0 spiro atoms. The summed E-state index contributed by atoms with van der Waals surface area (Å²) in [7, 11) is 0. The second-order valence-corrected chi connectivity index (χ2v) is 8.06. The van der Waals surface area contributed by atoms with Crippen molar-refractivity contribution in [2.45, 2.75) is 78.8 Å². The minimum atomic E-state index is -1.49. The molecule has 210 valence electrons. The molecule has 2 rings (SSSR count). The number of aromatic nitrogens is 2. The van der Waals surface area contributed by atoms with Crippen LogP contribution in [0.15, 0.2) is 6.07 Å². The zero-order valence-corrected chi connectivity index (χ0v) is 21.8. The predicted molar refractivity (Wildman–Crippen MR) is 121 cm³/mol. The summed E-state index contributed by atoms with van der Waals surface area (Å²) in [5.74, 6) is -4.55. The van der Waals surface area contributed by atoms with Gasteiger partial charge in [-0.15, -0.1) is 0 Å². The van der Waals surface area contributed by atoms with Gasteiger partial charge in [-0.3, -0.25) is 24.0 Å². The lowest BCUT2D eigenvalue weighted by atomic mass is 9.97. The smallest absolute Gasteiger partial charge is 0.358 e. The van der Waals surface area contributed by atoms with Gasteiger partial charge in [0, 0.05) is 34.6 Å². The number of carbonyl (C=O) groups excluding carboxylic acids is 6. The summed E-state index contributed by atoms with van der Waals surface area (Å²) in [6.45, 7) is 6.37. The maximum atomic E-state index is 12.4. The van der Waals surface area contributed by atoms with Gasteiger partial charge in [0.15, 0.2) is 30.2 Å². The summed E-state index contributed by atoms with van der Waals surface area (Å²) < 4.78 is 38.4. The zero-order chi connectivity index (χ0) is 28.6. The van der Waals surface area contributed by atoms with Gasteiger partial charge in [-0.05, 0) is 13.0 Å². The van der Waals surface area contributed by atoms with Gasteiger partial charge in [-0.1, -0.05) is 0 Å². The Bertz CT molecular complexity index is 1070. The molecule has 15 heteroatoms. The van der Waals surface area contributed by atoms with E-state index in [-0.39, 0.29) is 24.6 Å². The van der Waals surface area contributed by atoms with Crippen molar-refractivity contribution in [2.75, 3.05) is 13.2 Å². The number of carbonyl (C=O) groups is 6. The van der Waals surface area contributed by atoms with Crippen molar-refractivity contribution in [3.05, 3.63) is 17.5 Å².